The number of hydrogen-bond acceptors (Lipinski definition) is 2. The number of nitrogens with zero attached hydrogens (tertiary/aromatic N) is 1. The van der Waals surface area contributed by atoms with Crippen molar-refractivity contribution in [3.63, 3.8) is 0 Å². The van der Waals surface area contributed by atoms with E-state index in [0.29, 0.717) is 13.1 Å². The Morgan fingerprint density at radius 2 is 1.95 bits per heavy atom. The highest BCUT2D eigenvalue weighted by Crippen LogP contribution is 2.50. The molecule has 0 aromatic heterocycles. The number of benzene rings is 1. The normalized spacial score (nSPS) is 23.1. The number of carboxylic acids is 1. The number of carbonyl (C=O) groups is 2. The zero-order chi connectivity index (χ0) is 15.0. The first-order valence-corrected chi connectivity index (χ1v) is 7.28. The second kappa shape index (κ2) is 5.13. The van der Waals surface area contributed by atoms with Crippen LogP contribution in [-0.2, 0) is 15.0 Å². The maximum atomic E-state index is 13.0. The maximum Gasteiger partial charge on any atom is 0.303 e. The quantitative estimate of drug-likeness (QED) is 0.925. The fraction of sp³-hybridized carbons (Fsp3) is 0.500. The number of carbonyl (C=O) groups excluding carboxylic acids is 1. The van der Waals surface area contributed by atoms with Gasteiger partial charge in [-0.25, -0.2) is 4.39 Å². The number of amides is 1. The van der Waals surface area contributed by atoms with E-state index in [0.717, 1.165) is 24.8 Å². The summed E-state index contributed by atoms with van der Waals surface area (Å²) in [5, 5.41) is 8.84. The lowest BCUT2D eigenvalue weighted by Gasteiger charge is -2.23. The monoisotopic (exact) mass is 291 g/mol. The molecule has 2 fully saturated rings. The van der Waals surface area contributed by atoms with E-state index in [9.17, 15) is 14.0 Å². The van der Waals surface area contributed by atoms with E-state index >= 15 is 0 Å². The Bertz CT molecular complexity index is 565. The molecule has 1 N–H and O–H groups in total. The first-order valence-electron chi connectivity index (χ1n) is 7.28. The lowest BCUT2D eigenvalue weighted by Crippen LogP contribution is -2.38. The summed E-state index contributed by atoms with van der Waals surface area (Å²) in [4.78, 5) is 25.3. The van der Waals surface area contributed by atoms with E-state index in [-0.39, 0.29) is 24.1 Å². The first kappa shape index (κ1) is 14.0. The van der Waals surface area contributed by atoms with E-state index in [1.54, 1.807) is 17.0 Å². The fourth-order valence-corrected chi connectivity index (χ4v) is 3.25. The fourth-order valence-electron chi connectivity index (χ4n) is 3.25. The van der Waals surface area contributed by atoms with Gasteiger partial charge in [0.05, 0.1) is 5.41 Å². The van der Waals surface area contributed by atoms with Gasteiger partial charge in [-0.3, -0.25) is 9.59 Å². The largest absolute Gasteiger partial charge is 0.481 e. The standard InChI is InChI=1S/C16H18FNO3/c17-13-3-1-12(2-4-13)16(6-7-16)15(21)18-8-5-11(10-18)9-14(19)20/h1-4,11H,5-10H2,(H,19,20). The summed E-state index contributed by atoms with van der Waals surface area (Å²) in [6, 6.07) is 6.15. The summed E-state index contributed by atoms with van der Waals surface area (Å²) < 4.78 is 13.0. The Morgan fingerprint density at radius 3 is 2.52 bits per heavy atom. The first-order chi connectivity index (χ1) is 10.0. The van der Waals surface area contributed by atoms with Crippen molar-refractivity contribution in [2.45, 2.75) is 31.1 Å². The van der Waals surface area contributed by atoms with Crippen LogP contribution in [0.2, 0.25) is 0 Å². The average molecular weight is 291 g/mol. The molecule has 2 aliphatic rings. The van der Waals surface area contributed by atoms with Gasteiger partial charge in [-0.1, -0.05) is 12.1 Å². The molecule has 0 bridgehead atoms. The van der Waals surface area contributed by atoms with Gasteiger partial charge in [-0.2, -0.15) is 0 Å². The number of hydrogen-bond donors (Lipinski definition) is 1. The highest BCUT2D eigenvalue weighted by Gasteiger charge is 2.53. The number of carboxylic acid groups (broad SMARTS) is 1. The van der Waals surface area contributed by atoms with Gasteiger partial charge < -0.3 is 10.0 Å². The Hall–Kier alpha value is -1.91. The van der Waals surface area contributed by atoms with Gasteiger partial charge in [0.25, 0.3) is 0 Å². The molecule has 1 atom stereocenters. The highest BCUT2D eigenvalue weighted by molar-refractivity contribution is 5.91. The van der Waals surface area contributed by atoms with Crippen LogP contribution in [0.25, 0.3) is 0 Å². The van der Waals surface area contributed by atoms with Gasteiger partial charge in [0.15, 0.2) is 0 Å². The molecule has 1 heterocycles. The summed E-state index contributed by atoms with van der Waals surface area (Å²) >= 11 is 0. The van der Waals surface area contributed by atoms with Crippen molar-refractivity contribution in [2.75, 3.05) is 13.1 Å². The topological polar surface area (TPSA) is 57.6 Å². The van der Waals surface area contributed by atoms with Crippen LogP contribution in [0.3, 0.4) is 0 Å². The SMILES string of the molecule is O=C(O)CC1CCN(C(=O)C2(c3ccc(F)cc3)CC2)C1. The molecule has 0 radical (unpaired) electrons. The Kier molecular flexibility index (Phi) is 3.43. The van der Waals surface area contributed by atoms with Crippen LogP contribution in [-0.4, -0.2) is 35.0 Å². The van der Waals surface area contributed by atoms with E-state index in [1.807, 2.05) is 0 Å². The number of halogens is 1. The predicted molar refractivity (Wildman–Crippen MR) is 74.3 cm³/mol. The van der Waals surface area contributed by atoms with Crippen molar-refractivity contribution in [1.29, 1.82) is 0 Å². The third-order valence-corrected chi connectivity index (χ3v) is 4.59. The van der Waals surface area contributed by atoms with Crippen LogP contribution in [0.1, 0.15) is 31.2 Å². The van der Waals surface area contributed by atoms with Gasteiger partial charge in [-0.15, -0.1) is 0 Å². The predicted octanol–water partition coefficient (Wildman–Crippen LogP) is 2.18. The smallest absolute Gasteiger partial charge is 0.303 e. The molecule has 1 amide bonds. The molecule has 3 rings (SSSR count). The van der Waals surface area contributed by atoms with Crippen molar-refractivity contribution >= 4 is 11.9 Å². The lowest BCUT2D eigenvalue weighted by molar-refractivity contribution is -0.138. The average Bonchev–Trinajstić information content (AvgIpc) is 3.13. The van der Waals surface area contributed by atoms with Crippen LogP contribution in [0.5, 0.6) is 0 Å². The van der Waals surface area contributed by atoms with Crippen molar-refractivity contribution in [3.8, 4) is 0 Å². The molecule has 1 saturated carbocycles. The summed E-state index contributed by atoms with van der Waals surface area (Å²) in [6.45, 7) is 1.15. The number of rotatable bonds is 4. The van der Waals surface area contributed by atoms with Gasteiger partial charge in [0.2, 0.25) is 5.91 Å². The minimum absolute atomic E-state index is 0.0514. The third kappa shape index (κ3) is 2.64. The summed E-state index contributed by atoms with van der Waals surface area (Å²) in [7, 11) is 0. The zero-order valence-electron chi connectivity index (χ0n) is 11.7. The third-order valence-electron chi connectivity index (χ3n) is 4.59. The molecule has 0 spiro atoms. The van der Waals surface area contributed by atoms with Crippen molar-refractivity contribution < 1.29 is 19.1 Å². The number of likely N-dealkylation sites (tertiary alicyclic amines) is 1. The minimum atomic E-state index is -0.811. The Labute approximate surface area is 122 Å². The Morgan fingerprint density at radius 1 is 1.29 bits per heavy atom. The summed E-state index contributed by atoms with van der Waals surface area (Å²) in [5.41, 5.74) is 0.377. The molecular weight excluding hydrogens is 273 g/mol. The molecule has 4 nitrogen and oxygen atoms in total. The van der Waals surface area contributed by atoms with Crippen LogP contribution in [0.15, 0.2) is 24.3 Å². The van der Waals surface area contributed by atoms with Crippen molar-refractivity contribution in [2.24, 2.45) is 5.92 Å². The summed E-state index contributed by atoms with van der Waals surface area (Å²) in [5.74, 6) is -0.990. The van der Waals surface area contributed by atoms with Crippen molar-refractivity contribution in [1.82, 2.24) is 4.90 Å². The second-order valence-corrected chi connectivity index (χ2v) is 6.09. The molecule has 1 aliphatic carbocycles. The van der Waals surface area contributed by atoms with Gasteiger partial charge in [-0.05, 0) is 42.9 Å². The van der Waals surface area contributed by atoms with Crippen LogP contribution >= 0.6 is 0 Å². The molecule has 1 aliphatic heterocycles. The van der Waals surface area contributed by atoms with Crippen LogP contribution in [0.4, 0.5) is 4.39 Å². The lowest BCUT2D eigenvalue weighted by atomic mass is 9.94. The molecule has 1 aromatic rings. The molecule has 21 heavy (non-hydrogen) atoms. The van der Waals surface area contributed by atoms with Crippen LogP contribution in [0, 0.1) is 11.7 Å². The van der Waals surface area contributed by atoms with Crippen LogP contribution < -0.4 is 0 Å². The van der Waals surface area contributed by atoms with Gasteiger partial charge in [0.1, 0.15) is 5.82 Å². The van der Waals surface area contributed by atoms with Crippen molar-refractivity contribution in [3.05, 3.63) is 35.6 Å². The van der Waals surface area contributed by atoms with Gasteiger partial charge >= 0.3 is 5.97 Å². The molecule has 1 saturated heterocycles. The molecular formula is C16H18FNO3. The molecule has 1 aromatic carbocycles. The zero-order valence-corrected chi connectivity index (χ0v) is 11.7. The van der Waals surface area contributed by atoms with E-state index in [1.165, 1.54) is 12.1 Å². The van der Waals surface area contributed by atoms with E-state index in [4.69, 9.17) is 5.11 Å². The maximum absolute atomic E-state index is 13.0. The summed E-state index contributed by atoms with van der Waals surface area (Å²) in [6.07, 6.45) is 2.44. The van der Waals surface area contributed by atoms with E-state index in [2.05, 4.69) is 0 Å². The Balaban J connectivity index is 1.71. The van der Waals surface area contributed by atoms with E-state index < -0.39 is 11.4 Å². The second-order valence-electron chi connectivity index (χ2n) is 6.09. The molecule has 5 heteroatoms. The highest BCUT2D eigenvalue weighted by atomic mass is 19.1. The number of aliphatic carboxylic acids is 1. The minimum Gasteiger partial charge on any atom is -0.481 e. The molecule has 112 valence electrons. The molecule has 1 unspecified atom stereocenters. The van der Waals surface area contributed by atoms with Gasteiger partial charge in [0, 0.05) is 19.5 Å².